The summed E-state index contributed by atoms with van der Waals surface area (Å²) in [6.45, 7) is 3.64. The van der Waals surface area contributed by atoms with Crippen molar-refractivity contribution in [3.05, 3.63) is 29.8 Å². The molecule has 1 aliphatic rings. The van der Waals surface area contributed by atoms with Gasteiger partial charge in [0.25, 0.3) is 0 Å². The molecule has 1 saturated heterocycles. The van der Waals surface area contributed by atoms with Crippen molar-refractivity contribution in [1.29, 1.82) is 0 Å². The van der Waals surface area contributed by atoms with Crippen LogP contribution in [0.2, 0.25) is 0 Å². The van der Waals surface area contributed by atoms with Gasteiger partial charge in [0.15, 0.2) is 0 Å². The molecule has 2 rings (SSSR count). The second-order valence-corrected chi connectivity index (χ2v) is 4.72. The Kier molecular flexibility index (Phi) is 4.20. The molecular formula is C14H20N2O2. The maximum absolute atomic E-state index is 11.4. The van der Waals surface area contributed by atoms with Gasteiger partial charge in [-0.1, -0.05) is 17.7 Å². The minimum Gasteiger partial charge on any atom is -0.490 e. The first kappa shape index (κ1) is 12.9. The van der Waals surface area contributed by atoms with Crippen LogP contribution in [0.1, 0.15) is 18.4 Å². The van der Waals surface area contributed by atoms with Crippen molar-refractivity contribution in [2.24, 2.45) is 5.73 Å². The number of aryl methyl sites for hydroxylation is 1. The lowest BCUT2D eigenvalue weighted by Crippen LogP contribution is -2.44. The topological polar surface area (TPSA) is 55.6 Å². The highest BCUT2D eigenvalue weighted by atomic mass is 16.5. The Morgan fingerprint density at radius 1 is 1.33 bits per heavy atom. The van der Waals surface area contributed by atoms with Gasteiger partial charge in [-0.2, -0.15) is 0 Å². The number of amides is 1. The Hall–Kier alpha value is -1.55. The van der Waals surface area contributed by atoms with E-state index < -0.39 is 0 Å². The Morgan fingerprint density at radius 3 is 2.50 bits per heavy atom. The van der Waals surface area contributed by atoms with Crippen molar-refractivity contribution in [1.82, 2.24) is 4.90 Å². The summed E-state index contributed by atoms with van der Waals surface area (Å²) >= 11 is 0. The van der Waals surface area contributed by atoms with E-state index in [2.05, 4.69) is 6.92 Å². The third-order valence-corrected chi connectivity index (χ3v) is 3.29. The normalized spacial score (nSPS) is 16.7. The van der Waals surface area contributed by atoms with Crippen LogP contribution in [0, 0.1) is 6.92 Å². The average Bonchev–Trinajstić information content (AvgIpc) is 2.41. The van der Waals surface area contributed by atoms with Crippen LogP contribution in [0.4, 0.5) is 0 Å². The van der Waals surface area contributed by atoms with Crippen molar-refractivity contribution in [3.63, 3.8) is 0 Å². The molecule has 4 nitrogen and oxygen atoms in total. The molecule has 0 unspecified atom stereocenters. The molecule has 0 radical (unpaired) electrons. The van der Waals surface area contributed by atoms with E-state index in [4.69, 9.17) is 10.5 Å². The summed E-state index contributed by atoms with van der Waals surface area (Å²) in [5.74, 6) is 0.938. The number of hydrogen-bond donors (Lipinski definition) is 1. The summed E-state index contributed by atoms with van der Waals surface area (Å²) in [5, 5.41) is 0. The molecule has 1 amide bonds. The largest absolute Gasteiger partial charge is 0.490 e. The number of piperidine rings is 1. The second kappa shape index (κ2) is 5.87. The molecule has 1 aromatic rings. The van der Waals surface area contributed by atoms with Crippen molar-refractivity contribution in [3.8, 4) is 5.75 Å². The van der Waals surface area contributed by atoms with Gasteiger partial charge >= 0.3 is 0 Å². The summed E-state index contributed by atoms with van der Waals surface area (Å²) in [4.78, 5) is 13.2. The minimum atomic E-state index is 0.0313. The van der Waals surface area contributed by atoms with E-state index >= 15 is 0 Å². The molecule has 1 heterocycles. The molecule has 1 aromatic carbocycles. The van der Waals surface area contributed by atoms with Crippen LogP contribution in [0.15, 0.2) is 24.3 Å². The summed E-state index contributed by atoms with van der Waals surface area (Å²) in [5.41, 5.74) is 6.58. The summed E-state index contributed by atoms with van der Waals surface area (Å²) < 4.78 is 5.90. The molecule has 18 heavy (non-hydrogen) atoms. The zero-order chi connectivity index (χ0) is 13.0. The fourth-order valence-corrected chi connectivity index (χ4v) is 2.16. The summed E-state index contributed by atoms with van der Waals surface area (Å²) in [7, 11) is 0. The monoisotopic (exact) mass is 248 g/mol. The maximum atomic E-state index is 11.4. The Morgan fingerprint density at radius 2 is 1.94 bits per heavy atom. The van der Waals surface area contributed by atoms with Gasteiger partial charge in [0, 0.05) is 25.9 Å². The van der Waals surface area contributed by atoms with Gasteiger partial charge in [-0.05, 0) is 19.1 Å². The van der Waals surface area contributed by atoms with Crippen LogP contribution in [0.5, 0.6) is 5.75 Å². The average molecular weight is 248 g/mol. The van der Waals surface area contributed by atoms with E-state index in [0.717, 1.165) is 31.7 Å². The standard InChI is InChI=1S/C14H20N2O2/c1-11-2-4-12(5-3-11)18-13-6-8-16(9-7-13)14(17)10-15/h2-5,13H,6-10,15H2,1H3. The molecule has 4 heteroatoms. The highest BCUT2D eigenvalue weighted by Crippen LogP contribution is 2.19. The molecular weight excluding hydrogens is 228 g/mol. The number of carbonyl (C=O) groups excluding carboxylic acids is 1. The lowest BCUT2D eigenvalue weighted by atomic mass is 10.1. The fraction of sp³-hybridized carbons (Fsp3) is 0.500. The fourth-order valence-electron chi connectivity index (χ4n) is 2.16. The number of nitrogens with two attached hydrogens (primary N) is 1. The Balaban J connectivity index is 1.83. The van der Waals surface area contributed by atoms with Crippen LogP contribution < -0.4 is 10.5 Å². The highest BCUT2D eigenvalue weighted by Gasteiger charge is 2.22. The first-order valence-corrected chi connectivity index (χ1v) is 6.40. The van der Waals surface area contributed by atoms with E-state index in [0.29, 0.717) is 0 Å². The quantitative estimate of drug-likeness (QED) is 0.877. The summed E-state index contributed by atoms with van der Waals surface area (Å²) in [6.07, 6.45) is 1.95. The van der Waals surface area contributed by atoms with Gasteiger partial charge in [-0.15, -0.1) is 0 Å². The smallest absolute Gasteiger partial charge is 0.236 e. The lowest BCUT2D eigenvalue weighted by molar-refractivity contribution is -0.131. The predicted octanol–water partition coefficient (Wildman–Crippen LogP) is 1.32. The van der Waals surface area contributed by atoms with E-state index in [9.17, 15) is 4.79 Å². The number of carbonyl (C=O) groups is 1. The second-order valence-electron chi connectivity index (χ2n) is 4.72. The number of likely N-dealkylation sites (tertiary alicyclic amines) is 1. The lowest BCUT2D eigenvalue weighted by Gasteiger charge is -2.32. The molecule has 0 atom stereocenters. The summed E-state index contributed by atoms with van der Waals surface area (Å²) in [6, 6.07) is 8.07. The van der Waals surface area contributed by atoms with E-state index in [1.807, 2.05) is 29.2 Å². The number of rotatable bonds is 3. The van der Waals surface area contributed by atoms with Crippen molar-refractivity contribution in [2.45, 2.75) is 25.9 Å². The molecule has 0 saturated carbocycles. The zero-order valence-corrected chi connectivity index (χ0v) is 10.8. The maximum Gasteiger partial charge on any atom is 0.236 e. The molecule has 0 aromatic heterocycles. The zero-order valence-electron chi connectivity index (χ0n) is 10.8. The molecule has 1 aliphatic heterocycles. The van der Waals surface area contributed by atoms with Crippen molar-refractivity contribution < 1.29 is 9.53 Å². The van der Waals surface area contributed by atoms with Gasteiger partial charge in [0.2, 0.25) is 5.91 Å². The van der Waals surface area contributed by atoms with Gasteiger partial charge in [-0.25, -0.2) is 0 Å². The third kappa shape index (κ3) is 3.23. The Bertz CT molecular complexity index is 395. The van der Waals surface area contributed by atoms with Gasteiger partial charge < -0.3 is 15.4 Å². The minimum absolute atomic E-state index is 0.0313. The first-order valence-electron chi connectivity index (χ1n) is 6.40. The first-order chi connectivity index (χ1) is 8.69. The predicted molar refractivity (Wildman–Crippen MR) is 70.5 cm³/mol. The van der Waals surface area contributed by atoms with Gasteiger partial charge in [0.05, 0.1) is 6.54 Å². The third-order valence-electron chi connectivity index (χ3n) is 3.29. The number of hydrogen-bond acceptors (Lipinski definition) is 3. The number of benzene rings is 1. The van der Waals surface area contributed by atoms with Gasteiger partial charge in [0.1, 0.15) is 11.9 Å². The molecule has 0 aliphatic carbocycles. The van der Waals surface area contributed by atoms with E-state index in [1.54, 1.807) is 0 Å². The number of nitrogens with zero attached hydrogens (tertiary/aromatic N) is 1. The van der Waals surface area contributed by atoms with Crippen LogP contribution >= 0.6 is 0 Å². The molecule has 0 spiro atoms. The molecule has 0 bridgehead atoms. The number of ether oxygens (including phenoxy) is 1. The van der Waals surface area contributed by atoms with E-state index in [-0.39, 0.29) is 18.6 Å². The Labute approximate surface area is 108 Å². The van der Waals surface area contributed by atoms with Gasteiger partial charge in [-0.3, -0.25) is 4.79 Å². The van der Waals surface area contributed by atoms with Crippen LogP contribution in [0.25, 0.3) is 0 Å². The van der Waals surface area contributed by atoms with E-state index in [1.165, 1.54) is 5.56 Å². The molecule has 2 N–H and O–H groups in total. The van der Waals surface area contributed by atoms with Crippen molar-refractivity contribution in [2.75, 3.05) is 19.6 Å². The highest BCUT2D eigenvalue weighted by molar-refractivity contribution is 5.78. The molecule has 1 fully saturated rings. The van der Waals surface area contributed by atoms with Crippen LogP contribution in [-0.2, 0) is 4.79 Å². The van der Waals surface area contributed by atoms with Crippen LogP contribution in [0.3, 0.4) is 0 Å². The SMILES string of the molecule is Cc1ccc(OC2CCN(C(=O)CN)CC2)cc1. The van der Waals surface area contributed by atoms with Crippen molar-refractivity contribution >= 4 is 5.91 Å². The van der Waals surface area contributed by atoms with Crippen LogP contribution in [-0.4, -0.2) is 36.5 Å². The molecule has 98 valence electrons.